The monoisotopic (exact) mass is 325 g/mol. The molecule has 1 rings (SSSR count). The van der Waals surface area contributed by atoms with E-state index >= 15 is 0 Å². The lowest BCUT2D eigenvalue weighted by atomic mass is 10.1. The number of sulfonamides is 1. The zero-order chi connectivity index (χ0) is 16.3. The maximum Gasteiger partial charge on any atom is 0.416 e. The lowest BCUT2D eigenvalue weighted by molar-refractivity contribution is -0.138. The van der Waals surface area contributed by atoms with Gasteiger partial charge in [0.1, 0.15) is 0 Å². The number of benzene rings is 1. The fraction of sp³-hybridized carbons (Fsp3) is 0.538. The van der Waals surface area contributed by atoms with Gasteiger partial charge in [0.05, 0.1) is 17.9 Å². The number of halogens is 3. The SMILES string of the molecule is CC(C)N(Cc1ccccc1C(F)(F)F)S(=O)(=O)CCO. The van der Waals surface area contributed by atoms with Crippen molar-refractivity contribution in [2.75, 3.05) is 12.4 Å². The topological polar surface area (TPSA) is 57.6 Å². The molecule has 0 bridgehead atoms. The summed E-state index contributed by atoms with van der Waals surface area (Å²) < 4.78 is 63.8. The van der Waals surface area contributed by atoms with Crippen LogP contribution in [0, 0.1) is 0 Å². The van der Waals surface area contributed by atoms with Crippen molar-refractivity contribution in [1.82, 2.24) is 4.31 Å². The van der Waals surface area contributed by atoms with E-state index in [2.05, 4.69) is 0 Å². The predicted molar refractivity (Wildman–Crippen MR) is 73.0 cm³/mol. The van der Waals surface area contributed by atoms with Crippen LogP contribution in [0.1, 0.15) is 25.0 Å². The molecule has 0 aliphatic rings. The van der Waals surface area contributed by atoms with Crippen LogP contribution < -0.4 is 0 Å². The molecule has 1 N–H and O–H groups in total. The van der Waals surface area contributed by atoms with Crippen LogP contribution in [-0.4, -0.2) is 36.2 Å². The Kier molecular flexibility index (Phi) is 5.77. The zero-order valence-electron chi connectivity index (χ0n) is 11.8. The molecule has 0 aromatic heterocycles. The van der Waals surface area contributed by atoms with Gasteiger partial charge in [-0.15, -0.1) is 0 Å². The quantitative estimate of drug-likeness (QED) is 0.873. The van der Waals surface area contributed by atoms with Crippen molar-refractivity contribution >= 4 is 10.0 Å². The van der Waals surface area contributed by atoms with E-state index in [1.807, 2.05) is 0 Å². The summed E-state index contributed by atoms with van der Waals surface area (Å²) in [4.78, 5) is 0. The van der Waals surface area contributed by atoms with Crippen molar-refractivity contribution in [3.63, 3.8) is 0 Å². The van der Waals surface area contributed by atoms with E-state index in [0.717, 1.165) is 10.4 Å². The third kappa shape index (κ3) is 4.69. The highest BCUT2D eigenvalue weighted by molar-refractivity contribution is 7.89. The number of rotatable bonds is 6. The number of hydrogen-bond donors (Lipinski definition) is 1. The average Bonchev–Trinajstić information content (AvgIpc) is 2.34. The molecule has 0 fully saturated rings. The summed E-state index contributed by atoms with van der Waals surface area (Å²) in [5.41, 5.74) is -0.963. The van der Waals surface area contributed by atoms with E-state index in [4.69, 9.17) is 5.11 Å². The summed E-state index contributed by atoms with van der Waals surface area (Å²) in [6.45, 7) is 2.19. The van der Waals surface area contributed by atoms with Crippen LogP contribution in [-0.2, 0) is 22.7 Å². The first-order valence-corrected chi connectivity index (χ1v) is 7.96. The van der Waals surface area contributed by atoms with Gasteiger partial charge in [0.2, 0.25) is 10.0 Å². The second kappa shape index (κ2) is 6.76. The zero-order valence-corrected chi connectivity index (χ0v) is 12.6. The van der Waals surface area contributed by atoms with Gasteiger partial charge in [-0.25, -0.2) is 8.42 Å². The fourth-order valence-electron chi connectivity index (χ4n) is 1.94. The molecule has 8 heteroatoms. The number of hydrogen-bond acceptors (Lipinski definition) is 3. The first kappa shape index (κ1) is 17.9. The average molecular weight is 325 g/mol. The highest BCUT2D eigenvalue weighted by Gasteiger charge is 2.34. The van der Waals surface area contributed by atoms with Crippen molar-refractivity contribution in [3.8, 4) is 0 Å². The summed E-state index contributed by atoms with van der Waals surface area (Å²) in [5, 5.41) is 8.80. The summed E-state index contributed by atoms with van der Waals surface area (Å²) in [6, 6.07) is 4.36. The van der Waals surface area contributed by atoms with Gasteiger partial charge in [-0.1, -0.05) is 18.2 Å². The van der Waals surface area contributed by atoms with Crippen LogP contribution in [0.4, 0.5) is 13.2 Å². The predicted octanol–water partition coefficient (Wildman–Crippen LogP) is 2.24. The Morgan fingerprint density at radius 3 is 2.29 bits per heavy atom. The van der Waals surface area contributed by atoms with Crippen LogP contribution in [0.25, 0.3) is 0 Å². The number of nitrogens with zero attached hydrogens (tertiary/aromatic N) is 1. The molecule has 1 aromatic carbocycles. The normalized spacial score (nSPS) is 13.1. The van der Waals surface area contributed by atoms with Gasteiger partial charge in [0.25, 0.3) is 0 Å². The Morgan fingerprint density at radius 1 is 1.24 bits per heavy atom. The van der Waals surface area contributed by atoms with Gasteiger partial charge in [0.15, 0.2) is 0 Å². The molecule has 0 saturated carbocycles. The highest BCUT2D eigenvalue weighted by atomic mass is 32.2. The van der Waals surface area contributed by atoms with Gasteiger partial charge in [-0.2, -0.15) is 17.5 Å². The van der Waals surface area contributed by atoms with Crippen LogP contribution >= 0.6 is 0 Å². The molecule has 0 saturated heterocycles. The number of aliphatic hydroxyl groups is 1. The Hall–Kier alpha value is -1.12. The molecule has 4 nitrogen and oxygen atoms in total. The van der Waals surface area contributed by atoms with Gasteiger partial charge in [-0.05, 0) is 25.5 Å². The molecular weight excluding hydrogens is 307 g/mol. The minimum atomic E-state index is -4.54. The third-order valence-electron chi connectivity index (χ3n) is 2.93. The molecule has 0 aliphatic heterocycles. The molecule has 21 heavy (non-hydrogen) atoms. The largest absolute Gasteiger partial charge is 0.416 e. The van der Waals surface area contributed by atoms with Crippen LogP contribution in [0.3, 0.4) is 0 Å². The second-order valence-corrected chi connectivity index (χ2v) is 6.87. The van der Waals surface area contributed by atoms with Crippen molar-refractivity contribution in [3.05, 3.63) is 35.4 Å². The summed E-state index contributed by atoms with van der Waals surface area (Å²) in [7, 11) is -3.82. The van der Waals surface area contributed by atoms with Gasteiger partial charge >= 0.3 is 6.18 Å². The van der Waals surface area contributed by atoms with Crippen LogP contribution in [0.5, 0.6) is 0 Å². The Morgan fingerprint density at radius 2 is 1.81 bits per heavy atom. The molecule has 0 amide bonds. The Balaban J connectivity index is 3.18. The van der Waals surface area contributed by atoms with Crippen LogP contribution in [0.15, 0.2) is 24.3 Å². The molecule has 120 valence electrons. The van der Waals surface area contributed by atoms with E-state index in [0.29, 0.717) is 0 Å². The highest BCUT2D eigenvalue weighted by Crippen LogP contribution is 2.32. The minimum absolute atomic E-state index is 0.111. The third-order valence-corrected chi connectivity index (χ3v) is 4.90. The summed E-state index contributed by atoms with van der Waals surface area (Å²) in [5.74, 6) is -0.515. The number of alkyl halides is 3. The number of aliphatic hydroxyl groups excluding tert-OH is 1. The minimum Gasteiger partial charge on any atom is -0.395 e. The molecule has 0 unspecified atom stereocenters. The maximum atomic E-state index is 12.9. The Labute approximate surface area is 122 Å². The molecule has 0 heterocycles. The van der Waals surface area contributed by atoms with Gasteiger partial charge in [0, 0.05) is 12.6 Å². The molecular formula is C13H18F3NO3S. The molecule has 0 atom stereocenters. The molecule has 0 spiro atoms. The standard InChI is InChI=1S/C13H18F3NO3S/c1-10(2)17(21(19,20)8-7-18)9-11-5-3-4-6-12(11)13(14,15)16/h3-6,10,18H,7-9H2,1-2H3. The molecule has 0 radical (unpaired) electrons. The van der Waals surface area contributed by atoms with E-state index < -0.39 is 40.2 Å². The van der Waals surface area contributed by atoms with E-state index in [-0.39, 0.29) is 12.1 Å². The van der Waals surface area contributed by atoms with E-state index in [1.54, 1.807) is 13.8 Å². The van der Waals surface area contributed by atoms with Crippen molar-refractivity contribution in [2.24, 2.45) is 0 Å². The second-order valence-electron chi connectivity index (χ2n) is 4.83. The maximum absolute atomic E-state index is 12.9. The van der Waals surface area contributed by atoms with Crippen LogP contribution in [0.2, 0.25) is 0 Å². The lowest BCUT2D eigenvalue weighted by Gasteiger charge is -2.27. The summed E-state index contributed by atoms with van der Waals surface area (Å²) >= 11 is 0. The van der Waals surface area contributed by atoms with E-state index in [1.165, 1.54) is 18.2 Å². The Bertz CT molecular complexity index is 570. The molecule has 1 aromatic rings. The molecule has 0 aliphatic carbocycles. The lowest BCUT2D eigenvalue weighted by Crippen LogP contribution is -2.39. The van der Waals surface area contributed by atoms with Gasteiger partial charge in [-0.3, -0.25) is 0 Å². The first-order chi connectivity index (χ1) is 9.59. The fourth-order valence-corrected chi connectivity index (χ4v) is 3.38. The van der Waals surface area contributed by atoms with E-state index in [9.17, 15) is 21.6 Å². The first-order valence-electron chi connectivity index (χ1n) is 6.35. The van der Waals surface area contributed by atoms with Crippen molar-refractivity contribution < 1.29 is 26.7 Å². The van der Waals surface area contributed by atoms with Gasteiger partial charge < -0.3 is 5.11 Å². The summed E-state index contributed by atoms with van der Waals surface area (Å²) in [6.07, 6.45) is -4.54. The van der Waals surface area contributed by atoms with Crippen molar-refractivity contribution in [1.29, 1.82) is 0 Å². The smallest absolute Gasteiger partial charge is 0.395 e. The van der Waals surface area contributed by atoms with Crippen molar-refractivity contribution in [2.45, 2.75) is 32.6 Å².